The zero-order chi connectivity index (χ0) is 15.5. The molecule has 4 heteroatoms. The molecular formula is C17H16Cl2F2. The number of benzene rings is 2. The Morgan fingerprint density at radius 1 is 0.905 bits per heavy atom. The van der Waals surface area contributed by atoms with Crippen LogP contribution in [0.25, 0.3) is 0 Å². The number of halogens is 4. The Bertz CT molecular complexity index is 584. The Balaban J connectivity index is 2.45. The fourth-order valence-electron chi connectivity index (χ4n) is 2.33. The fraction of sp³-hybridized carbons (Fsp3) is 0.294. The van der Waals surface area contributed by atoms with Crippen molar-refractivity contribution in [1.82, 2.24) is 0 Å². The summed E-state index contributed by atoms with van der Waals surface area (Å²) in [6, 6.07) is 11.6. The van der Waals surface area contributed by atoms with Gasteiger partial charge in [-0.1, -0.05) is 35.9 Å². The maximum atomic E-state index is 13.9. The minimum Gasteiger partial charge on any atom is -0.207 e. The van der Waals surface area contributed by atoms with Crippen molar-refractivity contribution in [2.75, 3.05) is 11.8 Å². The van der Waals surface area contributed by atoms with Crippen molar-refractivity contribution in [3.8, 4) is 0 Å². The molecule has 0 spiro atoms. The topological polar surface area (TPSA) is 0 Å². The number of aryl methyl sites for hydroxylation is 1. The molecule has 0 unspecified atom stereocenters. The smallest absolute Gasteiger partial charge is 0.129 e. The van der Waals surface area contributed by atoms with Gasteiger partial charge in [-0.2, -0.15) is 0 Å². The third-order valence-electron chi connectivity index (χ3n) is 3.75. The van der Waals surface area contributed by atoms with Gasteiger partial charge in [0.15, 0.2) is 0 Å². The van der Waals surface area contributed by atoms with Crippen LogP contribution in [0.2, 0.25) is 0 Å². The summed E-state index contributed by atoms with van der Waals surface area (Å²) in [5.41, 5.74) is 1.33. The quantitative estimate of drug-likeness (QED) is 0.659. The molecule has 0 amide bonds. The molecule has 0 saturated carbocycles. The van der Waals surface area contributed by atoms with Crippen molar-refractivity contribution >= 4 is 23.2 Å². The average Bonchev–Trinajstić information content (AvgIpc) is 2.49. The predicted octanol–water partition coefficient (Wildman–Crippen LogP) is 5.23. The van der Waals surface area contributed by atoms with Crippen molar-refractivity contribution in [2.24, 2.45) is 0 Å². The van der Waals surface area contributed by atoms with E-state index < -0.39 is 17.0 Å². The average molecular weight is 329 g/mol. The highest BCUT2D eigenvalue weighted by molar-refractivity contribution is 6.22. The minimum absolute atomic E-state index is 0.0272. The third kappa shape index (κ3) is 3.38. The predicted molar refractivity (Wildman–Crippen MR) is 84.4 cm³/mol. The van der Waals surface area contributed by atoms with Gasteiger partial charge < -0.3 is 0 Å². The van der Waals surface area contributed by atoms with Crippen molar-refractivity contribution in [2.45, 2.75) is 18.8 Å². The van der Waals surface area contributed by atoms with E-state index in [-0.39, 0.29) is 23.7 Å². The molecule has 112 valence electrons. The highest BCUT2D eigenvalue weighted by Gasteiger charge is 2.33. The molecule has 0 saturated heterocycles. The maximum Gasteiger partial charge on any atom is 0.129 e. The SMILES string of the molecule is Cc1ccc(C(CCl)(CCl)Cc2c(F)cccc2F)cc1. The highest BCUT2D eigenvalue weighted by atomic mass is 35.5. The number of rotatable bonds is 5. The van der Waals surface area contributed by atoms with Gasteiger partial charge in [-0.25, -0.2) is 8.78 Å². The van der Waals surface area contributed by atoms with Crippen LogP contribution in [-0.2, 0) is 11.8 Å². The second-order valence-electron chi connectivity index (χ2n) is 5.29. The van der Waals surface area contributed by atoms with Gasteiger partial charge in [-0.05, 0) is 31.0 Å². The van der Waals surface area contributed by atoms with E-state index in [2.05, 4.69) is 0 Å². The molecule has 0 nitrogen and oxygen atoms in total. The highest BCUT2D eigenvalue weighted by Crippen LogP contribution is 2.33. The van der Waals surface area contributed by atoms with Crippen molar-refractivity contribution in [3.05, 3.63) is 70.8 Å². The Hall–Kier alpha value is -1.12. The molecule has 0 aliphatic carbocycles. The maximum absolute atomic E-state index is 13.9. The van der Waals surface area contributed by atoms with Gasteiger partial charge in [0, 0.05) is 22.7 Å². The van der Waals surface area contributed by atoms with E-state index in [1.807, 2.05) is 31.2 Å². The molecule has 2 aromatic rings. The molecule has 0 bridgehead atoms. The zero-order valence-corrected chi connectivity index (χ0v) is 13.2. The van der Waals surface area contributed by atoms with Gasteiger partial charge in [-0.3, -0.25) is 0 Å². The first-order valence-electron chi connectivity index (χ1n) is 6.64. The molecule has 0 atom stereocenters. The largest absolute Gasteiger partial charge is 0.207 e. The second-order valence-corrected chi connectivity index (χ2v) is 5.83. The second kappa shape index (κ2) is 6.76. The summed E-state index contributed by atoms with van der Waals surface area (Å²) in [5.74, 6) is -0.760. The molecule has 0 N–H and O–H groups in total. The Morgan fingerprint density at radius 2 is 1.43 bits per heavy atom. The van der Waals surface area contributed by atoms with E-state index in [1.54, 1.807) is 0 Å². The lowest BCUT2D eigenvalue weighted by Gasteiger charge is -2.31. The summed E-state index contributed by atoms with van der Waals surface area (Å²) in [7, 11) is 0. The van der Waals surface area contributed by atoms with E-state index >= 15 is 0 Å². The first kappa shape index (κ1) is 16.3. The minimum atomic E-state index is -0.695. The molecule has 0 aliphatic heterocycles. The molecule has 2 rings (SSSR count). The van der Waals surface area contributed by atoms with Crippen LogP contribution in [0.4, 0.5) is 8.78 Å². The zero-order valence-electron chi connectivity index (χ0n) is 11.7. The van der Waals surface area contributed by atoms with Crippen molar-refractivity contribution in [3.63, 3.8) is 0 Å². The molecule has 0 aliphatic rings. The van der Waals surface area contributed by atoms with Crippen LogP contribution in [0.5, 0.6) is 0 Å². The van der Waals surface area contributed by atoms with E-state index in [9.17, 15) is 8.78 Å². The Kier molecular flexibility index (Phi) is 5.23. The number of hydrogen-bond donors (Lipinski definition) is 0. The summed E-state index contributed by atoms with van der Waals surface area (Å²) >= 11 is 12.2. The number of alkyl halides is 2. The lowest BCUT2D eigenvalue weighted by atomic mass is 9.78. The summed E-state index contributed by atoms with van der Waals surface area (Å²) in [6.07, 6.45) is 0.127. The monoisotopic (exact) mass is 328 g/mol. The van der Waals surface area contributed by atoms with Crippen LogP contribution in [0.1, 0.15) is 16.7 Å². The van der Waals surface area contributed by atoms with Crippen molar-refractivity contribution in [1.29, 1.82) is 0 Å². The molecule has 0 aromatic heterocycles. The molecule has 21 heavy (non-hydrogen) atoms. The summed E-state index contributed by atoms with van der Waals surface area (Å²) < 4.78 is 27.8. The van der Waals surface area contributed by atoms with E-state index in [0.29, 0.717) is 0 Å². The standard InChI is InChI=1S/C17H16Cl2F2/c1-12-5-7-13(8-6-12)17(10-18,11-19)9-14-15(20)3-2-4-16(14)21/h2-8H,9-11H2,1H3. The van der Waals surface area contributed by atoms with E-state index in [0.717, 1.165) is 11.1 Å². The number of hydrogen-bond acceptors (Lipinski definition) is 0. The Morgan fingerprint density at radius 3 is 1.90 bits per heavy atom. The Labute approximate surface area is 133 Å². The molecule has 0 heterocycles. The van der Waals surface area contributed by atoms with Gasteiger partial charge in [-0.15, -0.1) is 23.2 Å². The first-order chi connectivity index (χ1) is 10.0. The summed E-state index contributed by atoms with van der Waals surface area (Å²) in [4.78, 5) is 0. The van der Waals surface area contributed by atoms with E-state index in [4.69, 9.17) is 23.2 Å². The summed E-state index contributed by atoms with van der Waals surface area (Å²) in [6.45, 7) is 1.98. The van der Waals surface area contributed by atoms with Gasteiger partial charge in [0.05, 0.1) is 0 Å². The third-order valence-corrected chi connectivity index (χ3v) is 4.78. The first-order valence-corrected chi connectivity index (χ1v) is 7.71. The van der Waals surface area contributed by atoms with Crippen LogP contribution in [-0.4, -0.2) is 11.8 Å². The molecule has 0 radical (unpaired) electrons. The van der Waals surface area contributed by atoms with Gasteiger partial charge in [0.2, 0.25) is 0 Å². The fourth-order valence-corrected chi connectivity index (χ4v) is 3.12. The van der Waals surface area contributed by atoms with Crippen LogP contribution in [0, 0.1) is 18.6 Å². The normalized spacial score (nSPS) is 11.7. The van der Waals surface area contributed by atoms with Crippen LogP contribution in [0.3, 0.4) is 0 Å². The van der Waals surface area contributed by atoms with Crippen LogP contribution in [0.15, 0.2) is 42.5 Å². The van der Waals surface area contributed by atoms with Gasteiger partial charge in [0.25, 0.3) is 0 Å². The molecular weight excluding hydrogens is 313 g/mol. The lowest BCUT2D eigenvalue weighted by molar-refractivity contribution is 0.483. The van der Waals surface area contributed by atoms with Gasteiger partial charge >= 0.3 is 0 Å². The van der Waals surface area contributed by atoms with Crippen molar-refractivity contribution < 1.29 is 8.78 Å². The van der Waals surface area contributed by atoms with Gasteiger partial charge in [0.1, 0.15) is 11.6 Å². The van der Waals surface area contributed by atoms with Crippen LogP contribution < -0.4 is 0 Å². The van der Waals surface area contributed by atoms with E-state index in [1.165, 1.54) is 18.2 Å². The molecule has 2 aromatic carbocycles. The lowest BCUT2D eigenvalue weighted by Crippen LogP contribution is -2.34. The summed E-state index contributed by atoms with van der Waals surface area (Å²) in [5, 5.41) is 0. The van der Waals surface area contributed by atoms with Crippen LogP contribution >= 0.6 is 23.2 Å². The molecule has 0 fully saturated rings.